The average molecular weight is 490 g/mol. The van der Waals surface area contributed by atoms with Gasteiger partial charge in [0.25, 0.3) is 5.56 Å². The molecule has 1 aromatic carbocycles. The summed E-state index contributed by atoms with van der Waals surface area (Å²) < 4.78 is 22.2. The van der Waals surface area contributed by atoms with E-state index in [1.807, 2.05) is 13.0 Å². The third-order valence-corrected chi connectivity index (χ3v) is 6.26. The Morgan fingerprint density at radius 3 is 2.67 bits per heavy atom. The van der Waals surface area contributed by atoms with Gasteiger partial charge in [-0.2, -0.15) is 5.10 Å². The third-order valence-electron chi connectivity index (χ3n) is 6.26. The smallest absolute Gasteiger partial charge is 0.261 e. The highest BCUT2D eigenvalue weighted by molar-refractivity contribution is 5.97. The molecule has 0 aliphatic carbocycles. The lowest BCUT2D eigenvalue weighted by Crippen LogP contribution is -2.36. The standard InChI is InChI=1S/C24H24FN9O2/c1-13(22-26-4-3-5-27-22)28-21-18(24(35)30-17-12-33(2)32-20(17)21)23-29-16-11-14(10-15(25)19(16)31-23)34-6-8-36-9-7-34/h3-5,10-13,28H,6-9H2,1-2H3,(H,29,31)(H,30,35). The lowest BCUT2D eigenvalue weighted by molar-refractivity contribution is 0.122. The Morgan fingerprint density at radius 1 is 1.11 bits per heavy atom. The molecule has 1 atom stereocenters. The summed E-state index contributed by atoms with van der Waals surface area (Å²) in [4.78, 5) is 34.5. The van der Waals surface area contributed by atoms with Gasteiger partial charge in [0.15, 0.2) is 5.82 Å². The molecule has 184 valence electrons. The number of nitrogens with zero attached hydrogens (tertiary/aromatic N) is 6. The van der Waals surface area contributed by atoms with E-state index in [0.717, 1.165) is 5.69 Å². The molecule has 0 bridgehead atoms. The number of aromatic amines is 2. The van der Waals surface area contributed by atoms with E-state index in [1.54, 1.807) is 36.4 Å². The molecule has 6 rings (SSSR count). The van der Waals surface area contributed by atoms with Crippen LogP contribution in [0.15, 0.2) is 41.6 Å². The molecule has 0 amide bonds. The number of aryl methyl sites for hydroxylation is 1. The molecule has 12 heteroatoms. The Balaban J connectivity index is 1.50. The number of halogens is 1. The van der Waals surface area contributed by atoms with Crippen LogP contribution in [0.3, 0.4) is 0 Å². The van der Waals surface area contributed by atoms with Gasteiger partial charge in [-0.25, -0.2) is 19.3 Å². The number of imidazole rings is 1. The van der Waals surface area contributed by atoms with Crippen LogP contribution in [0.1, 0.15) is 18.8 Å². The zero-order chi connectivity index (χ0) is 24.8. The molecule has 1 unspecified atom stereocenters. The van der Waals surface area contributed by atoms with Crippen molar-refractivity contribution in [2.45, 2.75) is 13.0 Å². The minimum absolute atomic E-state index is 0.160. The topological polar surface area (TPSA) is 130 Å². The monoisotopic (exact) mass is 489 g/mol. The number of hydrogen-bond donors (Lipinski definition) is 3. The number of morpholine rings is 1. The number of H-pyrrole nitrogens is 2. The van der Waals surface area contributed by atoms with Crippen molar-refractivity contribution in [3.8, 4) is 11.4 Å². The van der Waals surface area contributed by atoms with Crippen molar-refractivity contribution in [3.63, 3.8) is 0 Å². The van der Waals surface area contributed by atoms with Gasteiger partial charge >= 0.3 is 0 Å². The Labute approximate surface area is 204 Å². The summed E-state index contributed by atoms with van der Waals surface area (Å²) >= 11 is 0. The molecule has 11 nitrogen and oxygen atoms in total. The summed E-state index contributed by atoms with van der Waals surface area (Å²) in [5.74, 6) is 0.325. The van der Waals surface area contributed by atoms with E-state index in [-0.39, 0.29) is 28.5 Å². The maximum absolute atomic E-state index is 15.1. The van der Waals surface area contributed by atoms with E-state index < -0.39 is 5.82 Å². The average Bonchev–Trinajstić information content (AvgIpc) is 3.48. The Kier molecular flexibility index (Phi) is 5.37. The normalized spacial score (nSPS) is 15.0. The molecule has 5 heterocycles. The van der Waals surface area contributed by atoms with Crippen LogP contribution in [0, 0.1) is 5.82 Å². The van der Waals surface area contributed by atoms with Gasteiger partial charge in [-0.3, -0.25) is 9.48 Å². The second-order valence-electron chi connectivity index (χ2n) is 8.75. The van der Waals surface area contributed by atoms with Crippen LogP contribution in [-0.2, 0) is 11.8 Å². The molecule has 36 heavy (non-hydrogen) atoms. The summed E-state index contributed by atoms with van der Waals surface area (Å²) in [7, 11) is 1.77. The predicted molar refractivity (Wildman–Crippen MR) is 133 cm³/mol. The fourth-order valence-electron chi connectivity index (χ4n) is 4.55. The molecule has 1 saturated heterocycles. The molecule has 1 fully saturated rings. The molecule has 5 aromatic rings. The highest BCUT2D eigenvalue weighted by Crippen LogP contribution is 2.33. The molecular formula is C24H24FN9O2. The van der Waals surface area contributed by atoms with Crippen molar-refractivity contribution in [1.82, 2.24) is 34.7 Å². The SMILES string of the molecule is CC(Nc1c(-c2nc3c(F)cc(N4CCOCC4)cc3[nH]2)c(=O)[nH]c2cn(C)nc12)c1ncccn1. The van der Waals surface area contributed by atoms with E-state index in [9.17, 15) is 4.79 Å². The number of ether oxygens (including phenoxy) is 1. The first kappa shape index (κ1) is 22.2. The van der Waals surface area contributed by atoms with Gasteiger partial charge in [0.05, 0.1) is 36.0 Å². The van der Waals surface area contributed by atoms with Gasteiger partial charge in [0.1, 0.15) is 28.2 Å². The van der Waals surface area contributed by atoms with E-state index in [4.69, 9.17) is 4.74 Å². The summed E-state index contributed by atoms with van der Waals surface area (Å²) in [5.41, 5.74) is 2.81. The number of aromatic nitrogens is 7. The van der Waals surface area contributed by atoms with Crippen molar-refractivity contribution in [2.24, 2.45) is 7.05 Å². The minimum Gasteiger partial charge on any atom is -0.378 e. The molecule has 4 aromatic heterocycles. The number of rotatable bonds is 5. The largest absolute Gasteiger partial charge is 0.378 e. The Hall–Kier alpha value is -4.32. The second kappa shape index (κ2) is 8.72. The summed E-state index contributed by atoms with van der Waals surface area (Å²) in [6, 6.07) is 4.71. The van der Waals surface area contributed by atoms with Crippen LogP contribution in [0.5, 0.6) is 0 Å². The van der Waals surface area contributed by atoms with Crippen molar-refractivity contribution in [3.05, 3.63) is 58.8 Å². The van der Waals surface area contributed by atoms with Gasteiger partial charge < -0.3 is 24.9 Å². The zero-order valence-electron chi connectivity index (χ0n) is 19.7. The zero-order valence-corrected chi connectivity index (χ0v) is 19.7. The predicted octanol–water partition coefficient (Wildman–Crippen LogP) is 2.74. The lowest BCUT2D eigenvalue weighted by atomic mass is 10.1. The van der Waals surface area contributed by atoms with Crippen LogP contribution in [0.25, 0.3) is 33.5 Å². The number of fused-ring (bicyclic) bond motifs is 2. The maximum Gasteiger partial charge on any atom is 0.261 e. The number of hydrogen-bond acceptors (Lipinski definition) is 8. The molecule has 0 saturated carbocycles. The minimum atomic E-state index is -0.465. The molecule has 1 aliphatic rings. The fourth-order valence-corrected chi connectivity index (χ4v) is 4.55. The number of pyridine rings is 1. The number of benzene rings is 1. The summed E-state index contributed by atoms with van der Waals surface area (Å²) in [6.45, 7) is 4.42. The molecular weight excluding hydrogens is 465 g/mol. The third kappa shape index (κ3) is 3.85. The molecule has 0 radical (unpaired) electrons. The Bertz CT molecular complexity index is 1620. The van der Waals surface area contributed by atoms with Crippen LogP contribution >= 0.6 is 0 Å². The van der Waals surface area contributed by atoms with Crippen molar-refractivity contribution >= 4 is 33.4 Å². The van der Waals surface area contributed by atoms with Crippen LogP contribution in [0.2, 0.25) is 0 Å². The van der Waals surface area contributed by atoms with Crippen molar-refractivity contribution < 1.29 is 9.13 Å². The van der Waals surface area contributed by atoms with Crippen molar-refractivity contribution in [1.29, 1.82) is 0 Å². The fraction of sp³-hybridized carbons (Fsp3) is 0.292. The maximum atomic E-state index is 15.1. The van der Waals surface area contributed by atoms with Gasteiger partial charge in [-0.05, 0) is 25.1 Å². The number of anilines is 2. The van der Waals surface area contributed by atoms with E-state index >= 15 is 4.39 Å². The van der Waals surface area contributed by atoms with Gasteiger partial charge in [0.2, 0.25) is 0 Å². The Morgan fingerprint density at radius 2 is 1.89 bits per heavy atom. The molecule has 0 spiro atoms. The van der Waals surface area contributed by atoms with E-state index in [0.29, 0.717) is 54.4 Å². The first-order valence-electron chi connectivity index (χ1n) is 11.6. The van der Waals surface area contributed by atoms with E-state index in [1.165, 1.54) is 6.07 Å². The van der Waals surface area contributed by atoms with Crippen LogP contribution < -0.4 is 15.8 Å². The van der Waals surface area contributed by atoms with Crippen molar-refractivity contribution in [2.75, 3.05) is 36.5 Å². The highest BCUT2D eigenvalue weighted by Gasteiger charge is 2.24. The van der Waals surface area contributed by atoms with Crippen LogP contribution in [0.4, 0.5) is 15.8 Å². The van der Waals surface area contributed by atoms with E-state index in [2.05, 4.69) is 40.2 Å². The van der Waals surface area contributed by atoms with Gasteiger partial charge in [-0.1, -0.05) is 0 Å². The first-order chi connectivity index (χ1) is 17.5. The first-order valence-corrected chi connectivity index (χ1v) is 11.6. The number of nitrogens with one attached hydrogen (secondary N) is 3. The second-order valence-corrected chi connectivity index (χ2v) is 8.75. The van der Waals surface area contributed by atoms with Gasteiger partial charge in [-0.15, -0.1) is 0 Å². The highest BCUT2D eigenvalue weighted by atomic mass is 19.1. The lowest BCUT2D eigenvalue weighted by Gasteiger charge is -2.28. The molecule has 1 aliphatic heterocycles. The van der Waals surface area contributed by atoms with Crippen LogP contribution in [-0.4, -0.2) is 61.0 Å². The molecule has 3 N–H and O–H groups in total. The van der Waals surface area contributed by atoms with Gasteiger partial charge in [0, 0.05) is 44.4 Å². The summed E-state index contributed by atoms with van der Waals surface area (Å²) in [6.07, 6.45) is 5.04. The quantitative estimate of drug-likeness (QED) is 0.344. The summed E-state index contributed by atoms with van der Waals surface area (Å²) in [5, 5.41) is 7.89.